The Balaban J connectivity index is 1.90. The summed E-state index contributed by atoms with van der Waals surface area (Å²) in [5, 5.41) is 0. The van der Waals surface area contributed by atoms with Crippen molar-refractivity contribution in [1.82, 2.24) is 13.6 Å². The molecule has 0 N–H and O–H groups in total. The van der Waals surface area contributed by atoms with E-state index in [4.69, 9.17) is 0 Å². The van der Waals surface area contributed by atoms with Crippen LogP contribution in [0.25, 0.3) is 0 Å². The standard InChI is InChI=1S/C21H28FN3O2S/c1-4-24(5-2)28(26,27)25-12-6-7-21(25)20-15-18(13-16(3)23-20)14-17-8-10-19(22)11-9-17/h8-11,13,15,21H,4-7,12,14H2,1-3H3/t21-/m1/s1. The minimum atomic E-state index is -3.50. The van der Waals surface area contributed by atoms with Gasteiger partial charge in [0.05, 0.1) is 11.7 Å². The van der Waals surface area contributed by atoms with Crippen LogP contribution in [0.1, 0.15) is 55.2 Å². The van der Waals surface area contributed by atoms with E-state index < -0.39 is 10.2 Å². The van der Waals surface area contributed by atoms with Gasteiger partial charge in [-0.2, -0.15) is 17.0 Å². The molecule has 1 aromatic carbocycles. The predicted octanol–water partition coefficient (Wildman–Crippen LogP) is 3.84. The molecule has 0 unspecified atom stereocenters. The first-order valence-corrected chi connectivity index (χ1v) is 11.2. The molecule has 0 bridgehead atoms. The number of pyridine rings is 1. The van der Waals surface area contributed by atoms with Gasteiger partial charge in [-0.05, 0) is 61.6 Å². The van der Waals surface area contributed by atoms with Crippen LogP contribution in [0.3, 0.4) is 0 Å². The van der Waals surface area contributed by atoms with Crippen molar-refractivity contribution in [3.05, 3.63) is 64.7 Å². The summed E-state index contributed by atoms with van der Waals surface area (Å²) < 4.78 is 42.4. The highest BCUT2D eigenvalue weighted by Gasteiger charge is 2.38. The topological polar surface area (TPSA) is 53.5 Å². The predicted molar refractivity (Wildman–Crippen MR) is 109 cm³/mol. The lowest BCUT2D eigenvalue weighted by Gasteiger charge is -2.29. The maximum absolute atomic E-state index is 13.2. The van der Waals surface area contributed by atoms with E-state index in [9.17, 15) is 12.8 Å². The van der Waals surface area contributed by atoms with Crippen LogP contribution in [0.4, 0.5) is 4.39 Å². The van der Waals surface area contributed by atoms with Gasteiger partial charge in [0.15, 0.2) is 0 Å². The van der Waals surface area contributed by atoms with Crippen molar-refractivity contribution >= 4 is 10.2 Å². The monoisotopic (exact) mass is 405 g/mol. The van der Waals surface area contributed by atoms with Crippen LogP contribution in [0, 0.1) is 12.7 Å². The molecule has 0 spiro atoms. The Hall–Kier alpha value is -1.83. The second kappa shape index (κ2) is 8.68. The molecule has 1 aliphatic heterocycles. The lowest BCUT2D eigenvalue weighted by atomic mass is 10.0. The maximum Gasteiger partial charge on any atom is 0.282 e. The first-order chi connectivity index (χ1) is 13.3. The fraction of sp³-hybridized carbons (Fsp3) is 0.476. The Bertz CT molecular complexity index is 912. The number of nitrogens with zero attached hydrogens (tertiary/aromatic N) is 3. The zero-order valence-electron chi connectivity index (χ0n) is 16.7. The van der Waals surface area contributed by atoms with Gasteiger partial charge in [0.25, 0.3) is 10.2 Å². The minimum Gasteiger partial charge on any atom is -0.256 e. The maximum atomic E-state index is 13.2. The Labute approximate surface area is 167 Å². The molecule has 1 aliphatic rings. The van der Waals surface area contributed by atoms with Crippen molar-refractivity contribution in [1.29, 1.82) is 0 Å². The molecule has 0 saturated carbocycles. The van der Waals surface area contributed by atoms with Crippen LogP contribution < -0.4 is 0 Å². The van der Waals surface area contributed by atoms with Gasteiger partial charge in [0, 0.05) is 25.3 Å². The average molecular weight is 406 g/mol. The fourth-order valence-electron chi connectivity index (χ4n) is 3.89. The molecule has 5 nitrogen and oxygen atoms in total. The lowest BCUT2D eigenvalue weighted by Crippen LogP contribution is -2.43. The summed E-state index contributed by atoms with van der Waals surface area (Å²) in [4.78, 5) is 4.66. The van der Waals surface area contributed by atoms with E-state index in [1.807, 2.05) is 32.9 Å². The summed E-state index contributed by atoms with van der Waals surface area (Å²) in [6.45, 7) is 7.08. The molecule has 2 heterocycles. The minimum absolute atomic E-state index is 0.238. The number of rotatable bonds is 7. The Morgan fingerprint density at radius 3 is 2.46 bits per heavy atom. The van der Waals surface area contributed by atoms with Crippen molar-refractivity contribution in [2.75, 3.05) is 19.6 Å². The molecule has 0 aliphatic carbocycles. The quantitative estimate of drug-likeness (QED) is 0.703. The smallest absolute Gasteiger partial charge is 0.256 e. The van der Waals surface area contributed by atoms with Gasteiger partial charge in [-0.25, -0.2) is 4.39 Å². The van der Waals surface area contributed by atoms with E-state index in [0.717, 1.165) is 35.4 Å². The molecule has 1 saturated heterocycles. The van der Waals surface area contributed by atoms with E-state index in [-0.39, 0.29) is 11.9 Å². The summed E-state index contributed by atoms with van der Waals surface area (Å²) in [5.74, 6) is -0.251. The highest BCUT2D eigenvalue weighted by atomic mass is 32.2. The molecule has 152 valence electrons. The Morgan fingerprint density at radius 1 is 1.14 bits per heavy atom. The summed E-state index contributed by atoms with van der Waals surface area (Å²) in [6.07, 6.45) is 2.26. The average Bonchev–Trinajstić information content (AvgIpc) is 3.15. The van der Waals surface area contributed by atoms with Gasteiger partial charge in [-0.3, -0.25) is 4.98 Å². The number of halogens is 1. The van der Waals surface area contributed by atoms with Gasteiger partial charge in [-0.1, -0.05) is 26.0 Å². The molecular weight excluding hydrogens is 377 g/mol. The van der Waals surface area contributed by atoms with Crippen LogP contribution in [0.2, 0.25) is 0 Å². The van der Waals surface area contributed by atoms with Crippen LogP contribution in [-0.2, 0) is 16.6 Å². The molecule has 7 heteroatoms. The van der Waals surface area contributed by atoms with E-state index in [2.05, 4.69) is 4.98 Å². The van der Waals surface area contributed by atoms with E-state index in [1.54, 1.807) is 16.4 Å². The SMILES string of the molecule is CCN(CC)S(=O)(=O)N1CCC[C@@H]1c1cc(Cc2ccc(F)cc2)cc(C)n1. The van der Waals surface area contributed by atoms with Crippen molar-refractivity contribution < 1.29 is 12.8 Å². The zero-order valence-corrected chi connectivity index (χ0v) is 17.5. The van der Waals surface area contributed by atoms with Crippen molar-refractivity contribution in [2.45, 2.75) is 46.1 Å². The van der Waals surface area contributed by atoms with E-state index >= 15 is 0 Å². The molecule has 2 aromatic rings. The van der Waals surface area contributed by atoms with Crippen LogP contribution >= 0.6 is 0 Å². The summed E-state index contributed by atoms with van der Waals surface area (Å²) in [5.41, 5.74) is 3.73. The summed E-state index contributed by atoms with van der Waals surface area (Å²) in [7, 11) is -3.50. The fourth-order valence-corrected chi connectivity index (χ4v) is 5.73. The second-order valence-corrected chi connectivity index (χ2v) is 9.09. The van der Waals surface area contributed by atoms with Gasteiger partial charge >= 0.3 is 0 Å². The van der Waals surface area contributed by atoms with Gasteiger partial charge in [0.1, 0.15) is 5.82 Å². The normalized spacial score (nSPS) is 18.1. The third-order valence-electron chi connectivity index (χ3n) is 5.23. The van der Waals surface area contributed by atoms with E-state index in [1.165, 1.54) is 16.4 Å². The number of aryl methyl sites for hydroxylation is 1. The van der Waals surface area contributed by atoms with Gasteiger partial charge in [-0.15, -0.1) is 0 Å². The first kappa shape index (κ1) is 20.9. The lowest BCUT2D eigenvalue weighted by molar-refractivity contribution is 0.334. The molecule has 1 aromatic heterocycles. The molecule has 1 atom stereocenters. The molecule has 0 amide bonds. The van der Waals surface area contributed by atoms with Crippen molar-refractivity contribution in [2.24, 2.45) is 0 Å². The Morgan fingerprint density at radius 2 is 1.82 bits per heavy atom. The van der Waals surface area contributed by atoms with Gasteiger partial charge < -0.3 is 0 Å². The number of hydrogen-bond acceptors (Lipinski definition) is 3. The van der Waals surface area contributed by atoms with Crippen LogP contribution in [0.15, 0.2) is 36.4 Å². The molecule has 1 fully saturated rings. The number of hydrogen-bond donors (Lipinski definition) is 0. The first-order valence-electron chi connectivity index (χ1n) is 9.84. The third kappa shape index (κ3) is 4.42. The van der Waals surface area contributed by atoms with Crippen molar-refractivity contribution in [3.63, 3.8) is 0 Å². The summed E-state index contributed by atoms with van der Waals surface area (Å²) in [6, 6.07) is 10.2. The molecule has 3 rings (SSSR count). The third-order valence-corrected chi connectivity index (χ3v) is 7.43. The Kier molecular flexibility index (Phi) is 6.47. The molecule has 28 heavy (non-hydrogen) atoms. The second-order valence-electron chi connectivity index (χ2n) is 7.21. The number of aromatic nitrogens is 1. The van der Waals surface area contributed by atoms with Crippen LogP contribution in [0.5, 0.6) is 0 Å². The highest BCUT2D eigenvalue weighted by Crippen LogP contribution is 2.35. The zero-order chi connectivity index (χ0) is 20.3. The summed E-state index contributed by atoms with van der Waals surface area (Å²) >= 11 is 0. The van der Waals surface area contributed by atoms with Crippen molar-refractivity contribution in [3.8, 4) is 0 Å². The van der Waals surface area contributed by atoms with E-state index in [0.29, 0.717) is 26.1 Å². The molecule has 0 radical (unpaired) electrons. The molecular formula is C21H28FN3O2S. The van der Waals surface area contributed by atoms with Crippen LogP contribution in [-0.4, -0.2) is 41.6 Å². The van der Waals surface area contributed by atoms with Gasteiger partial charge in [0.2, 0.25) is 0 Å². The number of benzene rings is 1. The largest absolute Gasteiger partial charge is 0.282 e. The highest BCUT2D eigenvalue weighted by molar-refractivity contribution is 7.86.